The van der Waals surface area contributed by atoms with Gasteiger partial charge in [-0.05, 0) is 26.7 Å². The number of carbonyl (C=O) groups is 1. The third kappa shape index (κ3) is 7.86. The number of aliphatic hydroxyl groups excluding tert-OH is 1. The van der Waals surface area contributed by atoms with Gasteiger partial charge in [0.2, 0.25) is 0 Å². The minimum absolute atomic E-state index is 0.0108. The van der Waals surface area contributed by atoms with Gasteiger partial charge in [0, 0.05) is 12.6 Å². The average molecular weight is 202 g/mol. The van der Waals surface area contributed by atoms with E-state index in [1.807, 2.05) is 6.92 Å². The van der Waals surface area contributed by atoms with Crippen LogP contribution in [0.5, 0.6) is 0 Å². The summed E-state index contributed by atoms with van der Waals surface area (Å²) in [5.74, 6) is 0. The number of amides is 2. The zero-order chi connectivity index (χ0) is 11.0. The van der Waals surface area contributed by atoms with E-state index in [0.29, 0.717) is 13.0 Å². The molecule has 0 aliphatic heterocycles. The Bertz CT molecular complexity index is 160. The van der Waals surface area contributed by atoms with Crippen molar-refractivity contribution in [3.8, 4) is 0 Å². The summed E-state index contributed by atoms with van der Waals surface area (Å²) in [4.78, 5) is 11.2. The standard InChI is InChI=1S/C10H22N2O2/c1-4-5-6-11-10(14)12-8(2)7-9(3)13/h8-9,13H,4-7H2,1-3H3,(H2,11,12,14). The summed E-state index contributed by atoms with van der Waals surface area (Å²) in [6.45, 7) is 6.39. The van der Waals surface area contributed by atoms with Crippen LogP contribution in [0.15, 0.2) is 0 Å². The van der Waals surface area contributed by atoms with Gasteiger partial charge in [0.1, 0.15) is 0 Å². The number of unbranched alkanes of at least 4 members (excludes halogenated alkanes) is 1. The Hall–Kier alpha value is -0.770. The molecule has 14 heavy (non-hydrogen) atoms. The third-order valence-electron chi connectivity index (χ3n) is 1.89. The van der Waals surface area contributed by atoms with Crippen LogP contribution in [0.4, 0.5) is 4.79 Å². The van der Waals surface area contributed by atoms with Crippen LogP contribution >= 0.6 is 0 Å². The van der Waals surface area contributed by atoms with Crippen LogP contribution in [-0.4, -0.2) is 29.8 Å². The SMILES string of the molecule is CCCCNC(=O)NC(C)CC(C)O. The first kappa shape index (κ1) is 13.2. The Morgan fingerprint density at radius 1 is 1.43 bits per heavy atom. The molecule has 0 saturated carbocycles. The first-order chi connectivity index (χ1) is 6.56. The normalized spacial score (nSPS) is 14.6. The van der Waals surface area contributed by atoms with Crippen molar-refractivity contribution in [1.29, 1.82) is 0 Å². The van der Waals surface area contributed by atoms with Gasteiger partial charge < -0.3 is 15.7 Å². The van der Waals surface area contributed by atoms with Gasteiger partial charge in [0.05, 0.1) is 6.10 Å². The molecule has 2 amide bonds. The molecule has 3 N–H and O–H groups in total. The highest BCUT2D eigenvalue weighted by atomic mass is 16.3. The lowest BCUT2D eigenvalue weighted by Crippen LogP contribution is -2.42. The summed E-state index contributed by atoms with van der Waals surface area (Å²) < 4.78 is 0. The number of carbonyl (C=O) groups excluding carboxylic acids is 1. The predicted octanol–water partition coefficient (Wildman–Crippen LogP) is 1.25. The monoisotopic (exact) mass is 202 g/mol. The summed E-state index contributed by atoms with van der Waals surface area (Å²) in [6, 6.07) is -0.136. The highest BCUT2D eigenvalue weighted by Crippen LogP contribution is 1.95. The number of hydrogen-bond donors (Lipinski definition) is 3. The lowest BCUT2D eigenvalue weighted by Gasteiger charge is -2.15. The smallest absolute Gasteiger partial charge is 0.314 e. The van der Waals surface area contributed by atoms with E-state index in [-0.39, 0.29) is 18.2 Å². The number of nitrogens with one attached hydrogen (secondary N) is 2. The molecule has 0 aliphatic carbocycles. The molecule has 0 aromatic carbocycles. The Kier molecular flexibility index (Phi) is 7.20. The highest BCUT2D eigenvalue weighted by Gasteiger charge is 2.08. The van der Waals surface area contributed by atoms with Crippen molar-refractivity contribution in [3.63, 3.8) is 0 Å². The van der Waals surface area contributed by atoms with E-state index in [1.165, 1.54) is 0 Å². The van der Waals surface area contributed by atoms with Crippen LogP contribution in [0, 0.1) is 0 Å². The average Bonchev–Trinajstić information content (AvgIpc) is 2.02. The molecule has 84 valence electrons. The Balaban J connectivity index is 3.50. The quantitative estimate of drug-likeness (QED) is 0.568. The van der Waals surface area contributed by atoms with Crippen LogP contribution in [0.3, 0.4) is 0 Å². The molecule has 0 aromatic rings. The van der Waals surface area contributed by atoms with Crippen LogP contribution in [0.2, 0.25) is 0 Å². The largest absolute Gasteiger partial charge is 0.393 e. The van der Waals surface area contributed by atoms with Crippen LogP contribution in [0.1, 0.15) is 40.0 Å². The Morgan fingerprint density at radius 2 is 2.07 bits per heavy atom. The highest BCUT2D eigenvalue weighted by molar-refractivity contribution is 5.74. The molecule has 0 rings (SSSR count). The fraction of sp³-hybridized carbons (Fsp3) is 0.900. The molecule has 0 spiro atoms. The third-order valence-corrected chi connectivity index (χ3v) is 1.89. The molecule has 0 saturated heterocycles. The lowest BCUT2D eigenvalue weighted by atomic mass is 10.2. The second-order valence-corrected chi connectivity index (χ2v) is 3.74. The minimum Gasteiger partial charge on any atom is -0.393 e. The molecule has 2 unspecified atom stereocenters. The Morgan fingerprint density at radius 3 is 2.57 bits per heavy atom. The van der Waals surface area contributed by atoms with Gasteiger partial charge in [-0.15, -0.1) is 0 Å². The van der Waals surface area contributed by atoms with Gasteiger partial charge in [0.25, 0.3) is 0 Å². The summed E-state index contributed by atoms with van der Waals surface area (Å²) in [5.41, 5.74) is 0. The van der Waals surface area contributed by atoms with Crippen LogP contribution in [-0.2, 0) is 0 Å². The summed E-state index contributed by atoms with van der Waals surface area (Å²) in [7, 11) is 0. The molecule has 0 aromatic heterocycles. The van der Waals surface area contributed by atoms with Crippen molar-refractivity contribution >= 4 is 6.03 Å². The van der Waals surface area contributed by atoms with Crippen molar-refractivity contribution in [2.45, 2.75) is 52.2 Å². The van der Waals surface area contributed by atoms with Crippen molar-refractivity contribution in [2.24, 2.45) is 0 Å². The molecule has 4 heteroatoms. The van der Waals surface area contributed by atoms with Crippen molar-refractivity contribution < 1.29 is 9.90 Å². The van der Waals surface area contributed by atoms with E-state index in [4.69, 9.17) is 5.11 Å². The van der Waals surface area contributed by atoms with Gasteiger partial charge >= 0.3 is 6.03 Å². The van der Waals surface area contributed by atoms with E-state index in [1.54, 1.807) is 6.92 Å². The predicted molar refractivity (Wildman–Crippen MR) is 57.2 cm³/mol. The van der Waals surface area contributed by atoms with Crippen LogP contribution in [0.25, 0.3) is 0 Å². The van der Waals surface area contributed by atoms with Gasteiger partial charge in [-0.3, -0.25) is 0 Å². The fourth-order valence-corrected chi connectivity index (χ4v) is 1.22. The van der Waals surface area contributed by atoms with Gasteiger partial charge in [-0.2, -0.15) is 0 Å². The van der Waals surface area contributed by atoms with Crippen molar-refractivity contribution in [1.82, 2.24) is 10.6 Å². The van der Waals surface area contributed by atoms with E-state index in [9.17, 15) is 4.79 Å². The number of hydrogen-bond acceptors (Lipinski definition) is 2. The summed E-state index contributed by atoms with van der Waals surface area (Å²) in [6.07, 6.45) is 2.28. The zero-order valence-electron chi connectivity index (χ0n) is 9.34. The van der Waals surface area contributed by atoms with Gasteiger partial charge in [-0.25, -0.2) is 4.79 Å². The van der Waals surface area contributed by atoms with Crippen molar-refractivity contribution in [2.75, 3.05) is 6.54 Å². The number of rotatable bonds is 6. The maximum Gasteiger partial charge on any atom is 0.314 e. The molecule has 0 aliphatic rings. The lowest BCUT2D eigenvalue weighted by molar-refractivity contribution is 0.170. The Labute approximate surface area is 86.1 Å². The second-order valence-electron chi connectivity index (χ2n) is 3.74. The fourth-order valence-electron chi connectivity index (χ4n) is 1.22. The first-order valence-corrected chi connectivity index (χ1v) is 5.28. The van der Waals surface area contributed by atoms with E-state index < -0.39 is 0 Å². The number of urea groups is 1. The number of aliphatic hydroxyl groups is 1. The molecule has 0 fully saturated rings. The van der Waals surface area contributed by atoms with Crippen molar-refractivity contribution in [3.05, 3.63) is 0 Å². The maximum absolute atomic E-state index is 11.2. The van der Waals surface area contributed by atoms with E-state index in [0.717, 1.165) is 12.8 Å². The molecular formula is C10H22N2O2. The summed E-state index contributed by atoms with van der Waals surface area (Å²) in [5, 5.41) is 14.6. The molecule has 0 radical (unpaired) electrons. The minimum atomic E-state index is -0.374. The van der Waals surface area contributed by atoms with Gasteiger partial charge in [-0.1, -0.05) is 13.3 Å². The van der Waals surface area contributed by atoms with Gasteiger partial charge in [0.15, 0.2) is 0 Å². The molecule has 0 heterocycles. The maximum atomic E-state index is 11.2. The van der Waals surface area contributed by atoms with E-state index in [2.05, 4.69) is 17.6 Å². The van der Waals surface area contributed by atoms with E-state index >= 15 is 0 Å². The zero-order valence-corrected chi connectivity index (χ0v) is 9.34. The topological polar surface area (TPSA) is 61.4 Å². The first-order valence-electron chi connectivity index (χ1n) is 5.28. The summed E-state index contributed by atoms with van der Waals surface area (Å²) >= 11 is 0. The molecular weight excluding hydrogens is 180 g/mol. The van der Waals surface area contributed by atoms with Crippen LogP contribution < -0.4 is 10.6 Å². The molecule has 2 atom stereocenters. The second kappa shape index (κ2) is 7.62. The molecule has 0 bridgehead atoms. The molecule has 4 nitrogen and oxygen atoms in total.